The standard InChI is InChI=1S/C42H28N2O6.Zn/c1-23(32-21-33-26-12-4-6-16-31(26)41(47)49-38(33)22-37(32)46)43-34-17-9-7-13-27(34)28-14-8-10-18-35(28)44-24(2)39-36(45)20-19-29-25-11-3-5-15-30(25)42(48)50-40(29)39;/h3-22,45-46H,1-2H3;. The van der Waals surface area contributed by atoms with Gasteiger partial charge in [0, 0.05) is 58.7 Å². The summed E-state index contributed by atoms with van der Waals surface area (Å²) in [4.78, 5) is 35.4. The van der Waals surface area contributed by atoms with E-state index in [-0.39, 0.29) is 42.1 Å². The second kappa shape index (κ2) is 13.3. The average Bonchev–Trinajstić information content (AvgIpc) is 3.12. The second-order valence-electron chi connectivity index (χ2n) is 12.0. The number of nitrogens with zero attached hydrogens (tertiary/aromatic N) is 2. The Morgan fingerprint density at radius 3 is 1.67 bits per heavy atom. The van der Waals surface area contributed by atoms with E-state index in [1.165, 1.54) is 6.07 Å². The van der Waals surface area contributed by atoms with Crippen LogP contribution in [0.25, 0.3) is 54.6 Å². The zero-order valence-electron chi connectivity index (χ0n) is 27.7. The van der Waals surface area contributed by atoms with Crippen molar-refractivity contribution in [2.45, 2.75) is 13.8 Å². The van der Waals surface area contributed by atoms with E-state index < -0.39 is 11.3 Å². The summed E-state index contributed by atoms with van der Waals surface area (Å²) in [6, 6.07) is 36.2. The van der Waals surface area contributed by atoms with Crippen LogP contribution in [0.5, 0.6) is 11.5 Å². The molecule has 9 heteroatoms. The molecule has 0 aliphatic rings. The van der Waals surface area contributed by atoms with Crippen LogP contribution in [0, 0.1) is 0 Å². The SMILES string of the molecule is CC(=Nc1ccccc1-c1ccccc1N=C(C)c1c(O)ccc2c1oc(=O)c1ccccc12)c1cc2c(cc1O)oc(=O)c1ccccc12.[Zn]. The largest absolute Gasteiger partial charge is 0.507 e. The molecule has 0 bridgehead atoms. The number of phenolic OH excluding ortho intramolecular Hbond substituents is 2. The fourth-order valence-corrected chi connectivity index (χ4v) is 6.56. The van der Waals surface area contributed by atoms with Gasteiger partial charge < -0.3 is 19.0 Å². The molecule has 0 aliphatic carbocycles. The van der Waals surface area contributed by atoms with Crippen LogP contribution >= 0.6 is 0 Å². The Bertz CT molecular complexity index is 2870. The van der Waals surface area contributed by atoms with Crippen LogP contribution in [0.15, 0.2) is 150 Å². The van der Waals surface area contributed by atoms with Gasteiger partial charge in [-0.15, -0.1) is 0 Å². The number of hydrogen-bond acceptors (Lipinski definition) is 8. The zero-order valence-corrected chi connectivity index (χ0v) is 30.6. The molecule has 0 spiro atoms. The first-order chi connectivity index (χ1) is 24.3. The molecule has 244 valence electrons. The van der Waals surface area contributed by atoms with Crippen LogP contribution < -0.4 is 11.3 Å². The monoisotopic (exact) mass is 720 g/mol. The van der Waals surface area contributed by atoms with E-state index in [1.54, 1.807) is 49.4 Å². The third-order valence-corrected chi connectivity index (χ3v) is 8.93. The van der Waals surface area contributed by atoms with Crippen LogP contribution in [-0.4, -0.2) is 21.6 Å². The van der Waals surface area contributed by atoms with Crippen molar-refractivity contribution in [2.24, 2.45) is 9.98 Å². The minimum Gasteiger partial charge on any atom is -0.507 e. The maximum absolute atomic E-state index is 12.9. The first-order valence-corrected chi connectivity index (χ1v) is 15.9. The molecule has 8 nitrogen and oxygen atoms in total. The normalized spacial score (nSPS) is 12.1. The molecule has 0 fully saturated rings. The van der Waals surface area contributed by atoms with E-state index >= 15 is 0 Å². The number of hydrogen-bond donors (Lipinski definition) is 2. The van der Waals surface area contributed by atoms with Crippen molar-refractivity contribution >= 4 is 66.3 Å². The molecule has 2 N–H and O–H groups in total. The quantitative estimate of drug-likeness (QED) is 0.0789. The predicted molar refractivity (Wildman–Crippen MR) is 199 cm³/mol. The Labute approximate surface area is 303 Å². The second-order valence-corrected chi connectivity index (χ2v) is 12.0. The van der Waals surface area contributed by atoms with Gasteiger partial charge in [0.25, 0.3) is 0 Å². The number of aromatic hydroxyl groups is 2. The Balaban J connectivity index is 0.00000406. The number of aliphatic imine (C=N–C) groups is 2. The summed E-state index contributed by atoms with van der Waals surface area (Å²) < 4.78 is 11.3. The molecule has 0 atom stereocenters. The molecule has 51 heavy (non-hydrogen) atoms. The smallest absolute Gasteiger partial charge is 0.344 e. The summed E-state index contributed by atoms with van der Waals surface area (Å²) in [5.74, 6) is -0.123. The topological polar surface area (TPSA) is 126 Å². The molecule has 0 saturated carbocycles. The molecule has 6 aromatic carbocycles. The van der Waals surface area contributed by atoms with Gasteiger partial charge in [-0.05, 0) is 67.1 Å². The molecular weight excluding hydrogens is 694 g/mol. The van der Waals surface area contributed by atoms with E-state index in [0.717, 1.165) is 21.9 Å². The van der Waals surface area contributed by atoms with Gasteiger partial charge in [0.15, 0.2) is 5.58 Å². The fourth-order valence-electron chi connectivity index (χ4n) is 6.56. The van der Waals surface area contributed by atoms with Crippen LogP contribution in [-0.2, 0) is 19.5 Å². The van der Waals surface area contributed by atoms with Gasteiger partial charge in [-0.25, -0.2) is 9.59 Å². The summed E-state index contributed by atoms with van der Waals surface area (Å²) in [7, 11) is 0. The van der Waals surface area contributed by atoms with E-state index in [1.807, 2.05) is 79.7 Å². The molecule has 8 aromatic rings. The molecule has 0 radical (unpaired) electrons. The minimum atomic E-state index is -0.495. The maximum atomic E-state index is 12.9. The van der Waals surface area contributed by atoms with E-state index in [0.29, 0.717) is 55.5 Å². The first kappa shape index (κ1) is 33.3. The van der Waals surface area contributed by atoms with E-state index in [2.05, 4.69) is 0 Å². The summed E-state index contributed by atoms with van der Waals surface area (Å²) in [5, 5.41) is 25.8. The van der Waals surface area contributed by atoms with Gasteiger partial charge in [-0.2, -0.15) is 0 Å². The summed E-state index contributed by atoms with van der Waals surface area (Å²) in [5.41, 5.74) is 4.23. The van der Waals surface area contributed by atoms with Gasteiger partial charge in [0.2, 0.25) is 0 Å². The van der Waals surface area contributed by atoms with Gasteiger partial charge in [0.1, 0.15) is 17.1 Å². The van der Waals surface area contributed by atoms with Crippen molar-refractivity contribution in [1.82, 2.24) is 0 Å². The Kier molecular flexibility index (Phi) is 8.67. The maximum Gasteiger partial charge on any atom is 0.344 e. The summed E-state index contributed by atoms with van der Waals surface area (Å²) in [6.07, 6.45) is 0. The zero-order chi connectivity index (χ0) is 34.5. The van der Waals surface area contributed by atoms with Gasteiger partial charge in [0.05, 0.1) is 33.4 Å². The molecule has 2 aromatic heterocycles. The van der Waals surface area contributed by atoms with Crippen molar-refractivity contribution in [2.75, 3.05) is 0 Å². The number of benzene rings is 6. The van der Waals surface area contributed by atoms with Crippen LogP contribution in [0.3, 0.4) is 0 Å². The molecule has 2 heterocycles. The van der Waals surface area contributed by atoms with E-state index in [4.69, 9.17) is 18.8 Å². The van der Waals surface area contributed by atoms with Gasteiger partial charge in [-0.1, -0.05) is 72.8 Å². The Hall–Kier alpha value is -6.18. The van der Waals surface area contributed by atoms with Crippen molar-refractivity contribution < 1.29 is 38.5 Å². The fraction of sp³-hybridized carbons (Fsp3) is 0.0476. The minimum absolute atomic E-state index is 0. The number of phenols is 2. The van der Waals surface area contributed by atoms with Crippen molar-refractivity contribution in [3.63, 3.8) is 0 Å². The Morgan fingerprint density at radius 2 is 1.04 bits per heavy atom. The molecule has 0 aliphatic heterocycles. The predicted octanol–water partition coefficient (Wildman–Crippen LogP) is 9.56. The third kappa shape index (κ3) is 5.81. The van der Waals surface area contributed by atoms with Crippen LogP contribution in [0.2, 0.25) is 0 Å². The first-order valence-electron chi connectivity index (χ1n) is 15.9. The summed E-state index contributed by atoms with van der Waals surface area (Å²) in [6.45, 7) is 3.58. The van der Waals surface area contributed by atoms with E-state index in [9.17, 15) is 19.8 Å². The number of para-hydroxylation sites is 2. The molecule has 0 unspecified atom stereocenters. The average molecular weight is 722 g/mol. The van der Waals surface area contributed by atoms with Gasteiger partial charge in [-0.3, -0.25) is 9.98 Å². The molecule has 0 saturated heterocycles. The number of rotatable bonds is 5. The molecule has 0 amide bonds. The number of fused-ring (bicyclic) bond motifs is 6. The van der Waals surface area contributed by atoms with Crippen molar-refractivity contribution in [3.05, 3.63) is 153 Å². The van der Waals surface area contributed by atoms with Crippen molar-refractivity contribution in [3.8, 4) is 22.6 Å². The van der Waals surface area contributed by atoms with Gasteiger partial charge >= 0.3 is 11.3 Å². The molecule has 8 rings (SSSR count). The molecular formula is C42H28N2O6Zn. The Morgan fingerprint density at radius 1 is 0.529 bits per heavy atom. The van der Waals surface area contributed by atoms with Crippen molar-refractivity contribution in [1.29, 1.82) is 0 Å². The third-order valence-electron chi connectivity index (χ3n) is 8.93. The summed E-state index contributed by atoms with van der Waals surface area (Å²) >= 11 is 0. The van der Waals surface area contributed by atoms with Crippen LogP contribution in [0.4, 0.5) is 11.4 Å². The van der Waals surface area contributed by atoms with Crippen LogP contribution in [0.1, 0.15) is 25.0 Å².